The van der Waals surface area contributed by atoms with Gasteiger partial charge >= 0.3 is 11.4 Å². The number of carbonyl (C=O) groups excluding carboxylic acids is 4. The fourth-order valence-corrected chi connectivity index (χ4v) is 7.93. The molecule has 1 saturated heterocycles. The first-order valence-electron chi connectivity index (χ1n) is 15.2. The molecule has 3 aromatic carbocycles. The smallest absolute Gasteiger partial charge is 0.301 e. The van der Waals surface area contributed by atoms with Crippen molar-refractivity contribution in [3.8, 4) is 5.75 Å². The quantitative estimate of drug-likeness (QED) is 0.129. The molecule has 4 atom stereocenters. The molecule has 1 heterocycles. The molecule has 4 unspecified atom stereocenters. The van der Waals surface area contributed by atoms with Gasteiger partial charge in [-0.15, -0.1) is 0 Å². The van der Waals surface area contributed by atoms with Gasteiger partial charge in [0.15, 0.2) is 17.3 Å². The van der Waals surface area contributed by atoms with Gasteiger partial charge in [0.25, 0.3) is 0 Å². The number of nitro groups is 2. The molecule has 0 radical (unpaired) electrons. The number of Topliss-reactive ketones (excluding diaryl/α,β-unsaturated/α-hetero) is 1. The van der Waals surface area contributed by atoms with E-state index in [0.29, 0.717) is 16.5 Å². The molecule has 0 spiro atoms. The highest BCUT2D eigenvalue weighted by Crippen LogP contribution is 2.57. The van der Waals surface area contributed by atoms with Crippen molar-refractivity contribution >= 4 is 56.9 Å². The van der Waals surface area contributed by atoms with Gasteiger partial charge in [-0.25, -0.2) is 4.90 Å². The number of hydrogen-bond donors (Lipinski definition) is 1. The number of imide groups is 1. The van der Waals surface area contributed by atoms with Crippen LogP contribution in [0.4, 0.5) is 22.7 Å². The van der Waals surface area contributed by atoms with E-state index in [1.54, 1.807) is 37.3 Å². The van der Waals surface area contributed by atoms with Crippen LogP contribution in [0, 0.1) is 38.0 Å². The fraction of sp³-hybridized carbons (Fsp3) is 0.257. The molecule has 1 aliphatic heterocycles. The zero-order chi connectivity index (χ0) is 34.3. The highest BCUT2D eigenvalue weighted by molar-refractivity contribution is 6.25. The summed E-state index contributed by atoms with van der Waals surface area (Å²) < 4.78 is 0. The van der Waals surface area contributed by atoms with Gasteiger partial charge in [-0.1, -0.05) is 48.0 Å². The topological polar surface area (TPSA) is 181 Å². The number of aromatic hydroxyl groups is 1. The van der Waals surface area contributed by atoms with Crippen molar-refractivity contribution in [1.29, 1.82) is 0 Å². The predicted molar refractivity (Wildman–Crippen MR) is 174 cm³/mol. The number of phenolic OH excluding ortho intramolecular Hbond substituents is 1. The van der Waals surface area contributed by atoms with Crippen LogP contribution in [-0.4, -0.2) is 52.4 Å². The molecule has 3 aliphatic carbocycles. The Morgan fingerprint density at radius 3 is 2.23 bits per heavy atom. The van der Waals surface area contributed by atoms with E-state index in [4.69, 9.17) is 0 Å². The first kappa shape index (κ1) is 30.7. The first-order valence-corrected chi connectivity index (χ1v) is 15.2. The monoisotopic (exact) mass is 648 g/mol. The number of fused-ring (bicyclic) bond motifs is 4. The molecular formula is C35H28N4O9. The van der Waals surface area contributed by atoms with Crippen LogP contribution in [-0.2, 0) is 19.2 Å². The first-order chi connectivity index (χ1) is 22.8. The van der Waals surface area contributed by atoms with E-state index in [1.807, 2.05) is 12.1 Å². The van der Waals surface area contributed by atoms with Crippen LogP contribution in [0.25, 0.3) is 10.8 Å². The minimum absolute atomic E-state index is 0.0196. The summed E-state index contributed by atoms with van der Waals surface area (Å²) in [6, 6.07) is 12.6. The van der Waals surface area contributed by atoms with Gasteiger partial charge in [0.1, 0.15) is 5.75 Å². The predicted octanol–water partition coefficient (Wildman–Crippen LogP) is 5.06. The van der Waals surface area contributed by atoms with Gasteiger partial charge in [-0.05, 0) is 37.1 Å². The van der Waals surface area contributed by atoms with Crippen LogP contribution in [0.5, 0.6) is 5.75 Å². The second-order valence-electron chi connectivity index (χ2n) is 12.7. The Bertz CT molecular complexity index is 2130. The Kier molecular flexibility index (Phi) is 6.89. The third kappa shape index (κ3) is 4.30. The molecule has 1 fully saturated rings. The molecule has 13 heteroatoms. The number of amides is 2. The average molecular weight is 649 g/mol. The van der Waals surface area contributed by atoms with E-state index >= 15 is 0 Å². The lowest BCUT2D eigenvalue weighted by Crippen LogP contribution is -2.39. The molecule has 242 valence electrons. The number of allylic oxidation sites excluding steroid dienone is 6. The number of rotatable bonds is 5. The van der Waals surface area contributed by atoms with Crippen molar-refractivity contribution in [1.82, 2.24) is 0 Å². The van der Waals surface area contributed by atoms with Crippen LogP contribution < -0.4 is 9.80 Å². The maximum atomic E-state index is 14.3. The van der Waals surface area contributed by atoms with Crippen molar-refractivity contribution in [3.63, 3.8) is 0 Å². The van der Waals surface area contributed by atoms with Crippen molar-refractivity contribution in [3.05, 3.63) is 109 Å². The minimum atomic E-state index is -1.03. The Morgan fingerprint density at radius 2 is 1.58 bits per heavy atom. The number of phenols is 1. The molecule has 2 amide bonds. The largest absolute Gasteiger partial charge is 0.507 e. The summed E-state index contributed by atoms with van der Waals surface area (Å²) in [5.74, 6) is -5.78. The van der Waals surface area contributed by atoms with Gasteiger partial charge in [-0.3, -0.25) is 39.4 Å². The van der Waals surface area contributed by atoms with Gasteiger partial charge in [0.05, 0.1) is 27.4 Å². The molecule has 0 aromatic heterocycles. The average Bonchev–Trinajstić information content (AvgIpc) is 3.31. The van der Waals surface area contributed by atoms with E-state index in [1.165, 1.54) is 25.1 Å². The number of nitrogens with zero attached hydrogens (tertiary/aromatic N) is 4. The standard InChI is InChI=1S/C35H28N4O9/c1-16-12-27(40)24-15-23-20(28(30(24)32(16)41)21-9-8-17-6-4-5-7-19(17)33(21)42)10-11-22-29(23)35(44)37(34(22)43)18-13-25(38(45)46)31(36(2)3)26(14-18)39(47)48/h4-10,12-14,22-23,28-29,42H,11,15H2,1-3H3. The number of anilines is 2. The second kappa shape index (κ2) is 10.8. The molecule has 3 aromatic rings. The van der Waals surface area contributed by atoms with E-state index in [-0.39, 0.29) is 52.5 Å². The summed E-state index contributed by atoms with van der Waals surface area (Å²) in [7, 11) is 2.82. The van der Waals surface area contributed by atoms with Gasteiger partial charge in [-0.2, -0.15) is 0 Å². The van der Waals surface area contributed by atoms with E-state index in [9.17, 15) is 44.5 Å². The molecule has 13 nitrogen and oxygen atoms in total. The van der Waals surface area contributed by atoms with Crippen LogP contribution in [0.15, 0.2) is 83.0 Å². The lowest BCUT2D eigenvalue weighted by Gasteiger charge is -2.42. The Morgan fingerprint density at radius 1 is 0.917 bits per heavy atom. The molecule has 0 bridgehead atoms. The Labute approximate surface area is 272 Å². The second-order valence-corrected chi connectivity index (χ2v) is 12.7. The molecular weight excluding hydrogens is 620 g/mol. The lowest BCUT2D eigenvalue weighted by atomic mass is 9.59. The van der Waals surface area contributed by atoms with Crippen LogP contribution in [0.1, 0.15) is 31.2 Å². The molecule has 0 saturated carbocycles. The van der Waals surface area contributed by atoms with Crippen LogP contribution in [0.2, 0.25) is 0 Å². The number of hydrogen-bond acceptors (Lipinski definition) is 10. The van der Waals surface area contributed by atoms with Gasteiger partial charge in [0.2, 0.25) is 11.8 Å². The van der Waals surface area contributed by atoms with E-state index in [2.05, 4.69) is 0 Å². The summed E-state index contributed by atoms with van der Waals surface area (Å²) >= 11 is 0. The molecule has 48 heavy (non-hydrogen) atoms. The van der Waals surface area contributed by atoms with Crippen LogP contribution >= 0.6 is 0 Å². The van der Waals surface area contributed by atoms with Gasteiger partial charge < -0.3 is 10.0 Å². The van der Waals surface area contributed by atoms with E-state index < -0.39 is 62.5 Å². The maximum absolute atomic E-state index is 14.3. The Hall–Kier alpha value is -5.98. The van der Waals surface area contributed by atoms with Gasteiger partial charge in [0, 0.05) is 59.8 Å². The highest BCUT2D eigenvalue weighted by atomic mass is 16.6. The van der Waals surface area contributed by atoms with Crippen molar-refractivity contribution < 1.29 is 34.1 Å². The van der Waals surface area contributed by atoms with Crippen LogP contribution in [0.3, 0.4) is 0 Å². The van der Waals surface area contributed by atoms with Crippen molar-refractivity contribution in [2.75, 3.05) is 23.9 Å². The highest BCUT2D eigenvalue weighted by Gasteiger charge is 2.57. The number of ketones is 2. The normalized spacial score (nSPS) is 23.4. The summed E-state index contributed by atoms with van der Waals surface area (Å²) in [5.41, 5.74) is -0.214. The zero-order valence-corrected chi connectivity index (χ0v) is 26.0. The fourth-order valence-electron chi connectivity index (χ4n) is 7.93. The molecule has 1 N–H and O–H groups in total. The van der Waals surface area contributed by atoms with Crippen molar-refractivity contribution in [2.24, 2.45) is 17.8 Å². The number of nitro benzene ring substituents is 2. The third-order valence-electron chi connectivity index (χ3n) is 9.96. The maximum Gasteiger partial charge on any atom is 0.301 e. The number of carbonyl (C=O) groups is 4. The molecule has 7 rings (SSSR count). The summed E-state index contributed by atoms with van der Waals surface area (Å²) in [4.78, 5) is 79.9. The summed E-state index contributed by atoms with van der Waals surface area (Å²) in [6.45, 7) is 1.55. The molecule has 4 aliphatic rings. The van der Waals surface area contributed by atoms with Crippen molar-refractivity contribution in [2.45, 2.75) is 25.7 Å². The lowest BCUT2D eigenvalue weighted by molar-refractivity contribution is -0.392. The minimum Gasteiger partial charge on any atom is -0.507 e. The number of benzene rings is 3. The summed E-state index contributed by atoms with van der Waals surface area (Å²) in [5, 5.41) is 36.9. The Balaban J connectivity index is 1.38. The zero-order valence-electron chi connectivity index (χ0n) is 26.0. The SMILES string of the molecule is CC1=CC(=O)C2=C(C1=O)C(c1ccc3ccccc3c1O)C1=CCC3C(=O)N(c4cc([N+](=O)[O-])c(N(C)C)c([N+](=O)[O-])c4)C(=O)C3C1C2. The summed E-state index contributed by atoms with van der Waals surface area (Å²) in [6.07, 6.45) is 3.09. The van der Waals surface area contributed by atoms with E-state index in [0.717, 1.165) is 22.4 Å². The third-order valence-corrected chi connectivity index (χ3v) is 9.96.